The third-order valence-corrected chi connectivity index (χ3v) is 3.64. The van der Waals surface area contributed by atoms with E-state index in [0.29, 0.717) is 11.5 Å². The molecule has 2 heterocycles. The van der Waals surface area contributed by atoms with Gasteiger partial charge in [0, 0.05) is 11.8 Å². The summed E-state index contributed by atoms with van der Waals surface area (Å²) in [4.78, 5) is 5.24. The van der Waals surface area contributed by atoms with Crippen molar-refractivity contribution >= 4 is 27.1 Å². The maximum Gasteiger partial charge on any atom is 0.214 e. The van der Waals surface area contributed by atoms with Gasteiger partial charge < -0.3 is 14.8 Å². The quantitative estimate of drug-likeness (QED) is 0.800. The summed E-state index contributed by atoms with van der Waals surface area (Å²) in [7, 11) is 3.23. The van der Waals surface area contributed by atoms with Gasteiger partial charge in [-0.05, 0) is 19.1 Å². The van der Waals surface area contributed by atoms with Gasteiger partial charge in [0.25, 0.3) is 0 Å². The van der Waals surface area contributed by atoms with Crippen molar-refractivity contribution in [2.45, 2.75) is 6.92 Å². The zero-order valence-corrected chi connectivity index (χ0v) is 12.2. The molecular weight excluding hydrogens is 276 g/mol. The summed E-state index contributed by atoms with van der Waals surface area (Å²) in [5.74, 6) is 1.37. The largest absolute Gasteiger partial charge is 0.493 e. The van der Waals surface area contributed by atoms with Crippen molar-refractivity contribution in [3.8, 4) is 11.5 Å². The van der Waals surface area contributed by atoms with Gasteiger partial charge in [0.15, 0.2) is 11.5 Å². The fourth-order valence-corrected chi connectivity index (χ4v) is 2.74. The predicted molar refractivity (Wildman–Crippen MR) is 78.4 cm³/mol. The second kappa shape index (κ2) is 5.01. The molecule has 0 atom stereocenters. The van der Waals surface area contributed by atoms with E-state index in [9.17, 15) is 0 Å². The van der Waals surface area contributed by atoms with Crippen LogP contribution in [0.25, 0.3) is 4.96 Å². The lowest BCUT2D eigenvalue weighted by Crippen LogP contribution is -1.94. The first-order valence-electron chi connectivity index (χ1n) is 6.01. The zero-order chi connectivity index (χ0) is 14.1. The molecule has 0 radical (unpaired) electrons. The molecule has 20 heavy (non-hydrogen) atoms. The lowest BCUT2D eigenvalue weighted by Gasteiger charge is -2.09. The Hall–Kier alpha value is -2.28. The van der Waals surface area contributed by atoms with Crippen molar-refractivity contribution in [3.63, 3.8) is 0 Å². The molecule has 0 saturated heterocycles. The van der Waals surface area contributed by atoms with E-state index in [1.807, 2.05) is 31.3 Å². The Morgan fingerprint density at radius 2 is 2.00 bits per heavy atom. The van der Waals surface area contributed by atoms with Gasteiger partial charge in [-0.1, -0.05) is 11.3 Å². The highest BCUT2D eigenvalue weighted by molar-refractivity contribution is 7.20. The molecule has 3 rings (SSSR count). The summed E-state index contributed by atoms with van der Waals surface area (Å²) in [5, 5.41) is 8.43. The highest BCUT2D eigenvalue weighted by Crippen LogP contribution is 2.32. The number of hydrogen-bond acceptors (Lipinski definition) is 6. The molecule has 2 aromatic heterocycles. The number of aromatic nitrogens is 3. The fourth-order valence-electron chi connectivity index (χ4n) is 1.90. The van der Waals surface area contributed by atoms with Crippen LogP contribution in [0.5, 0.6) is 11.5 Å². The molecule has 0 amide bonds. The second-order valence-corrected chi connectivity index (χ2v) is 5.17. The molecule has 1 N–H and O–H groups in total. The van der Waals surface area contributed by atoms with E-state index in [4.69, 9.17) is 9.47 Å². The summed E-state index contributed by atoms with van der Waals surface area (Å²) in [6.07, 6.45) is 1.89. The molecule has 0 fully saturated rings. The Morgan fingerprint density at radius 3 is 2.70 bits per heavy atom. The number of hydrogen-bond donors (Lipinski definition) is 1. The average Bonchev–Trinajstić information content (AvgIpc) is 2.95. The number of benzene rings is 1. The van der Waals surface area contributed by atoms with Gasteiger partial charge in [0.2, 0.25) is 10.1 Å². The minimum Gasteiger partial charge on any atom is -0.493 e. The first kappa shape index (κ1) is 12.7. The monoisotopic (exact) mass is 290 g/mol. The first-order valence-corrected chi connectivity index (χ1v) is 6.83. The number of aryl methyl sites for hydroxylation is 1. The van der Waals surface area contributed by atoms with Crippen LogP contribution in [0.1, 0.15) is 5.69 Å². The second-order valence-electron chi connectivity index (χ2n) is 4.21. The maximum atomic E-state index is 5.27. The highest BCUT2D eigenvalue weighted by atomic mass is 32.1. The van der Waals surface area contributed by atoms with Crippen LogP contribution >= 0.6 is 11.3 Å². The van der Waals surface area contributed by atoms with E-state index in [1.54, 1.807) is 18.7 Å². The van der Waals surface area contributed by atoms with E-state index >= 15 is 0 Å². The number of methoxy groups -OCH3 is 2. The Kier molecular flexibility index (Phi) is 3.19. The summed E-state index contributed by atoms with van der Waals surface area (Å²) in [6, 6.07) is 5.63. The van der Waals surface area contributed by atoms with E-state index in [1.165, 1.54) is 11.3 Å². The molecule has 0 saturated carbocycles. The van der Waals surface area contributed by atoms with Crippen molar-refractivity contribution in [3.05, 3.63) is 30.1 Å². The zero-order valence-electron chi connectivity index (χ0n) is 11.4. The number of anilines is 2. The third-order valence-electron chi connectivity index (χ3n) is 2.80. The number of rotatable bonds is 4. The predicted octanol–water partition coefficient (Wildman–Crippen LogP) is 2.86. The van der Waals surface area contributed by atoms with Gasteiger partial charge in [-0.3, -0.25) is 0 Å². The number of nitrogens with one attached hydrogen (secondary N) is 1. The molecule has 7 heteroatoms. The van der Waals surface area contributed by atoms with Crippen molar-refractivity contribution in [1.82, 2.24) is 14.6 Å². The van der Waals surface area contributed by atoms with Gasteiger partial charge in [-0.2, -0.15) is 0 Å². The van der Waals surface area contributed by atoms with E-state index < -0.39 is 0 Å². The van der Waals surface area contributed by atoms with Crippen molar-refractivity contribution in [2.24, 2.45) is 0 Å². The molecule has 6 nitrogen and oxygen atoms in total. The molecule has 0 spiro atoms. The number of imidazole rings is 1. The SMILES string of the molecule is COc1ccc(Nc2nn3cc(C)nc3s2)cc1OC. The summed E-state index contributed by atoms with van der Waals surface area (Å²) >= 11 is 1.49. The van der Waals surface area contributed by atoms with Gasteiger partial charge >= 0.3 is 0 Å². The summed E-state index contributed by atoms with van der Waals surface area (Å²) in [6.45, 7) is 1.95. The number of ether oxygens (including phenoxy) is 2. The first-order chi connectivity index (χ1) is 9.69. The summed E-state index contributed by atoms with van der Waals surface area (Å²) in [5.41, 5.74) is 1.85. The van der Waals surface area contributed by atoms with Crippen molar-refractivity contribution in [2.75, 3.05) is 19.5 Å². The molecule has 104 valence electrons. The molecule has 0 aliphatic heterocycles. The highest BCUT2D eigenvalue weighted by Gasteiger charge is 2.08. The normalized spacial score (nSPS) is 10.8. The average molecular weight is 290 g/mol. The Morgan fingerprint density at radius 1 is 1.20 bits per heavy atom. The lowest BCUT2D eigenvalue weighted by molar-refractivity contribution is 0.355. The van der Waals surface area contributed by atoms with Crippen molar-refractivity contribution in [1.29, 1.82) is 0 Å². The molecular formula is C13H14N4O2S. The van der Waals surface area contributed by atoms with Gasteiger partial charge in [0.1, 0.15) is 0 Å². The molecule has 0 unspecified atom stereocenters. The van der Waals surface area contributed by atoms with E-state index in [-0.39, 0.29) is 0 Å². The van der Waals surface area contributed by atoms with Crippen LogP contribution in [0.2, 0.25) is 0 Å². The molecule has 0 aliphatic carbocycles. The van der Waals surface area contributed by atoms with Crippen LogP contribution in [0.3, 0.4) is 0 Å². The minimum absolute atomic E-state index is 0.676. The molecule has 1 aromatic carbocycles. The summed E-state index contributed by atoms with van der Waals surface area (Å²) < 4.78 is 12.3. The minimum atomic E-state index is 0.676. The topological polar surface area (TPSA) is 60.7 Å². The lowest BCUT2D eigenvalue weighted by atomic mass is 10.3. The van der Waals surface area contributed by atoms with Crippen LogP contribution in [-0.4, -0.2) is 28.8 Å². The van der Waals surface area contributed by atoms with Gasteiger partial charge in [-0.15, -0.1) is 5.10 Å². The third kappa shape index (κ3) is 2.27. The van der Waals surface area contributed by atoms with Gasteiger partial charge in [0.05, 0.1) is 26.1 Å². The van der Waals surface area contributed by atoms with E-state index in [2.05, 4.69) is 15.4 Å². The number of fused-ring (bicyclic) bond motifs is 1. The standard InChI is InChI=1S/C13H14N4O2S/c1-8-7-17-13(14-8)20-12(16-17)15-9-4-5-10(18-2)11(6-9)19-3/h4-7H,1-3H3,(H,15,16). The van der Waals surface area contributed by atoms with Crippen LogP contribution in [0.15, 0.2) is 24.4 Å². The van der Waals surface area contributed by atoms with Crippen LogP contribution in [0, 0.1) is 6.92 Å². The van der Waals surface area contributed by atoms with Crippen molar-refractivity contribution < 1.29 is 9.47 Å². The molecule has 3 aromatic rings. The molecule has 0 bridgehead atoms. The smallest absolute Gasteiger partial charge is 0.214 e. The Bertz CT molecular complexity index is 718. The number of nitrogens with zero attached hydrogens (tertiary/aromatic N) is 3. The van der Waals surface area contributed by atoms with Gasteiger partial charge in [-0.25, -0.2) is 9.50 Å². The maximum absolute atomic E-state index is 5.27. The van der Waals surface area contributed by atoms with E-state index in [0.717, 1.165) is 21.5 Å². The Balaban J connectivity index is 1.88. The van der Waals surface area contributed by atoms with Crippen LogP contribution in [0.4, 0.5) is 10.8 Å². The molecule has 0 aliphatic rings. The Labute approximate surface area is 120 Å². The van der Waals surface area contributed by atoms with Crippen LogP contribution < -0.4 is 14.8 Å². The fraction of sp³-hybridized carbons (Fsp3) is 0.231. The van der Waals surface area contributed by atoms with Crippen LogP contribution in [-0.2, 0) is 0 Å².